The topological polar surface area (TPSA) is 134 Å². The van der Waals surface area contributed by atoms with E-state index in [9.17, 15) is 14.4 Å². The summed E-state index contributed by atoms with van der Waals surface area (Å²) in [5, 5.41) is 3.06. The zero-order valence-corrected chi connectivity index (χ0v) is 20.3. The van der Waals surface area contributed by atoms with Gasteiger partial charge in [-0.3, -0.25) is 19.4 Å². The molecule has 3 N–H and O–H groups in total. The van der Waals surface area contributed by atoms with Crippen molar-refractivity contribution >= 4 is 29.6 Å². The molecule has 10 heteroatoms. The minimum Gasteiger partial charge on any atom is -0.384 e. The van der Waals surface area contributed by atoms with Gasteiger partial charge in [-0.15, -0.1) is 0 Å². The molecule has 10 nitrogen and oxygen atoms in total. The van der Waals surface area contributed by atoms with E-state index in [1.807, 2.05) is 6.92 Å². The number of nitrogens with zero attached hydrogens (tertiary/aromatic N) is 5. The number of pyridine rings is 1. The van der Waals surface area contributed by atoms with Crippen LogP contribution in [-0.2, 0) is 16.0 Å². The highest BCUT2D eigenvalue weighted by Gasteiger charge is 2.55. The lowest BCUT2D eigenvalue weighted by molar-refractivity contribution is -0.156. The van der Waals surface area contributed by atoms with Crippen LogP contribution in [0.4, 0.5) is 16.6 Å². The van der Waals surface area contributed by atoms with Gasteiger partial charge in [-0.2, -0.15) is 0 Å². The van der Waals surface area contributed by atoms with Crippen LogP contribution in [0.3, 0.4) is 0 Å². The van der Waals surface area contributed by atoms with Gasteiger partial charge < -0.3 is 11.1 Å². The largest absolute Gasteiger partial charge is 0.384 e. The second-order valence-corrected chi connectivity index (χ2v) is 9.36. The van der Waals surface area contributed by atoms with Crippen molar-refractivity contribution in [2.45, 2.75) is 64.0 Å². The second-order valence-electron chi connectivity index (χ2n) is 9.36. The predicted molar refractivity (Wildman–Crippen MR) is 131 cm³/mol. The first-order valence-electron chi connectivity index (χ1n) is 12.3. The van der Waals surface area contributed by atoms with Crippen LogP contribution in [0.1, 0.15) is 51.0 Å². The van der Waals surface area contributed by atoms with Crippen LogP contribution in [0.15, 0.2) is 36.8 Å². The molecular weight excluding hydrogens is 446 g/mol. The molecule has 1 saturated carbocycles. The molecule has 1 aliphatic heterocycles. The van der Waals surface area contributed by atoms with Crippen molar-refractivity contribution in [1.29, 1.82) is 0 Å². The second kappa shape index (κ2) is 10.8. The van der Waals surface area contributed by atoms with E-state index in [1.165, 1.54) is 23.7 Å². The lowest BCUT2D eigenvalue weighted by Crippen LogP contribution is -2.71. The normalized spacial score (nSPS) is 21.2. The number of hydrogen-bond donors (Lipinski definition) is 2. The lowest BCUT2D eigenvalue weighted by Gasteiger charge is -2.46. The number of likely N-dealkylation sites (tertiary alicyclic amines) is 1. The first-order chi connectivity index (χ1) is 16.9. The Balaban J connectivity index is 1.56. The Hall–Kier alpha value is -3.56. The summed E-state index contributed by atoms with van der Waals surface area (Å²) in [5.41, 5.74) is 6.58. The first-order valence-corrected chi connectivity index (χ1v) is 12.3. The molecule has 1 unspecified atom stereocenters. The van der Waals surface area contributed by atoms with Gasteiger partial charge in [-0.25, -0.2) is 19.7 Å². The standard InChI is InChI=1S/C25H33N7O3/c1-3-19(17-8-5-4-6-9-17)30-25(35)32-21(23(34)31(2)24-28-11-7-12-29-24)18(22(32)33)14-16-10-13-27-20(26)15-16/h7,10-13,15,17-19,21H,3-6,8-9,14H2,1-2H3,(H2,26,27)(H,30,35)/t18?,19-,21+/m1/s1. The van der Waals surface area contributed by atoms with Crippen LogP contribution in [0, 0.1) is 11.8 Å². The van der Waals surface area contributed by atoms with E-state index >= 15 is 0 Å². The van der Waals surface area contributed by atoms with Crippen LogP contribution in [0.5, 0.6) is 0 Å². The Morgan fingerprint density at radius 2 is 1.89 bits per heavy atom. The average molecular weight is 480 g/mol. The van der Waals surface area contributed by atoms with Crippen molar-refractivity contribution in [3.05, 3.63) is 42.4 Å². The molecule has 0 radical (unpaired) electrons. The van der Waals surface area contributed by atoms with Gasteiger partial charge in [0.15, 0.2) is 0 Å². The number of nitrogens with one attached hydrogen (secondary N) is 1. The number of carbonyl (C=O) groups excluding carboxylic acids is 3. The van der Waals surface area contributed by atoms with Gasteiger partial charge in [0.2, 0.25) is 11.9 Å². The van der Waals surface area contributed by atoms with Crippen molar-refractivity contribution < 1.29 is 14.4 Å². The lowest BCUT2D eigenvalue weighted by atomic mass is 9.81. The summed E-state index contributed by atoms with van der Waals surface area (Å²) in [6.45, 7) is 2.04. The SMILES string of the molecule is CC[C@@H](NC(=O)N1C(=O)C(Cc2ccnc(N)c2)[C@H]1C(=O)N(C)c1ncccn1)C1CCCCC1. The molecule has 4 amide bonds. The summed E-state index contributed by atoms with van der Waals surface area (Å²) in [4.78, 5) is 54.7. The first kappa shape index (κ1) is 24.6. The number of amides is 4. The van der Waals surface area contributed by atoms with Crippen molar-refractivity contribution in [2.75, 3.05) is 17.7 Å². The summed E-state index contributed by atoms with van der Waals surface area (Å²) in [6.07, 6.45) is 11.3. The molecule has 2 aromatic heterocycles. The fourth-order valence-electron chi connectivity index (χ4n) is 5.21. The van der Waals surface area contributed by atoms with Crippen LogP contribution in [-0.4, -0.2) is 56.8 Å². The highest BCUT2D eigenvalue weighted by atomic mass is 16.2. The monoisotopic (exact) mass is 479 g/mol. The fraction of sp³-hybridized carbons (Fsp3) is 0.520. The molecule has 186 valence electrons. The smallest absolute Gasteiger partial charge is 0.325 e. The van der Waals surface area contributed by atoms with Gasteiger partial charge in [0, 0.05) is 31.7 Å². The van der Waals surface area contributed by atoms with E-state index < -0.39 is 23.9 Å². The molecule has 0 bridgehead atoms. The third-order valence-corrected chi connectivity index (χ3v) is 7.14. The maximum atomic E-state index is 13.5. The number of rotatable bonds is 7. The van der Waals surface area contributed by atoms with Gasteiger partial charge in [-0.1, -0.05) is 26.2 Å². The number of imide groups is 1. The maximum absolute atomic E-state index is 13.5. The minimum atomic E-state index is -0.963. The third-order valence-electron chi connectivity index (χ3n) is 7.14. The van der Waals surface area contributed by atoms with Crippen LogP contribution in [0.2, 0.25) is 0 Å². The van der Waals surface area contributed by atoms with E-state index in [4.69, 9.17) is 5.73 Å². The molecule has 2 aliphatic rings. The molecule has 0 aromatic carbocycles. The fourth-order valence-corrected chi connectivity index (χ4v) is 5.21. The number of aromatic nitrogens is 3. The molecule has 2 fully saturated rings. The Bertz CT molecular complexity index is 1060. The molecule has 1 saturated heterocycles. The van der Waals surface area contributed by atoms with Crippen LogP contribution in [0.25, 0.3) is 0 Å². The van der Waals surface area contributed by atoms with Crippen molar-refractivity contribution in [1.82, 2.24) is 25.2 Å². The van der Waals surface area contributed by atoms with Crippen molar-refractivity contribution in [3.63, 3.8) is 0 Å². The molecule has 2 aromatic rings. The van der Waals surface area contributed by atoms with Crippen molar-refractivity contribution in [3.8, 4) is 0 Å². The molecule has 3 atom stereocenters. The van der Waals surface area contributed by atoms with E-state index in [0.717, 1.165) is 42.6 Å². The van der Waals surface area contributed by atoms with Gasteiger partial charge >= 0.3 is 6.03 Å². The third kappa shape index (κ3) is 5.26. The summed E-state index contributed by atoms with van der Waals surface area (Å²) in [7, 11) is 1.55. The minimum absolute atomic E-state index is 0.0272. The highest BCUT2D eigenvalue weighted by Crippen LogP contribution is 2.33. The van der Waals surface area contributed by atoms with E-state index in [1.54, 1.807) is 31.4 Å². The van der Waals surface area contributed by atoms with Gasteiger partial charge in [0.25, 0.3) is 5.91 Å². The molecular formula is C25H33N7O3. The van der Waals surface area contributed by atoms with Crippen molar-refractivity contribution in [2.24, 2.45) is 11.8 Å². The van der Waals surface area contributed by atoms with Gasteiger partial charge in [0.1, 0.15) is 11.9 Å². The number of nitrogens with two attached hydrogens (primary N) is 1. The molecule has 4 rings (SSSR count). The number of anilines is 2. The summed E-state index contributed by atoms with van der Waals surface area (Å²) in [5.74, 6) is -0.562. The Morgan fingerprint density at radius 3 is 2.54 bits per heavy atom. The van der Waals surface area contributed by atoms with Gasteiger partial charge in [0.05, 0.1) is 5.92 Å². The van der Waals surface area contributed by atoms with E-state index in [0.29, 0.717) is 11.7 Å². The Kier molecular flexibility index (Phi) is 7.57. The average Bonchev–Trinajstić information content (AvgIpc) is 2.89. The summed E-state index contributed by atoms with van der Waals surface area (Å²) < 4.78 is 0. The maximum Gasteiger partial charge on any atom is 0.325 e. The summed E-state index contributed by atoms with van der Waals surface area (Å²) >= 11 is 0. The number of likely N-dealkylation sites (N-methyl/N-ethyl adjacent to an activating group) is 1. The molecule has 1 aliphatic carbocycles. The number of hydrogen-bond acceptors (Lipinski definition) is 7. The number of urea groups is 1. The van der Waals surface area contributed by atoms with E-state index in [2.05, 4.69) is 20.3 Å². The summed E-state index contributed by atoms with van der Waals surface area (Å²) in [6, 6.07) is 3.58. The molecule has 35 heavy (non-hydrogen) atoms. The Morgan fingerprint density at radius 1 is 1.17 bits per heavy atom. The highest BCUT2D eigenvalue weighted by molar-refractivity contribution is 6.12. The van der Waals surface area contributed by atoms with Crippen LogP contribution >= 0.6 is 0 Å². The predicted octanol–water partition coefficient (Wildman–Crippen LogP) is 2.55. The Labute approximate surface area is 205 Å². The number of carbonyl (C=O) groups is 3. The van der Waals surface area contributed by atoms with Crippen LogP contribution < -0.4 is 16.0 Å². The zero-order chi connectivity index (χ0) is 24.9. The quantitative estimate of drug-likeness (QED) is 0.583. The molecule has 3 heterocycles. The number of nitrogen functional groups attached to an aromatic ring is 1. The van der Waals surface area contributed by atoms with E-state index in [-0.39, 0.29) is 24.3 Å². The zero-order valence-electron chi connectivity index (χ0n) is 20.3. The number of β-lactam (4-membered cyclic amide) rings is 1. The van der Waals surface area contributed by atoms with Gasteiger partial charge in [-0.05, 0) is 55.4 Å². The molecule has 0 spiro atoms.